The Morgan fingerprint density at radius 2 is 1.86 bits per heavy atom. The Kier molecular flexibility index (Phi) is 5.18. The van der Waals surface area contributed by atoms with Crippen molar-refractivity contribution in [2.75, 3.05) is 12.0 Å². The molecule has 4 aromatic rings. The summed E-state index contributed by atoms with van der Waals surface area (Å²) in [7, 11) is 1.53. The van der Waals surface area contributed by atoms with Crippen LogP contribution >= 0.6 is 11.3 Å². The molecule has 4 rings (SSSR count). The number of pyridine rings is 1. The highest BCUT2D eigenvalue weighted by Gasteiger charge is 2.27. The first-order valence-corrected chi connectivity index (χ1v) is 9.48. The van der Waals surface area contributed by atoms with Crippen LogP contribution in [-0.4, -0.2) is 23.0 Å². The van der Waals surface area contributed by atoms with E-state index in [0.717, 1.165) is 16.8 Å². The lowest BCUT2D eigenvalue weighted by molar-refractivity contribution is 0.0977. The van der Waals surface area contributed by atoms with Gasteiger partial charge in [-0.2, -0.15) is 0 Å². The summed E-state index contributed by atoms with van der Waals surface area (Å²) < 4.78 is 34.7. The zero-order valence-corrected chi connectivity index (χ0v) is 16.1. The van der Waals surface area contributed by atoms with Gasteiger partial charge in [0, 0.05) is 12.4 Å². The fraction of sp³-hybridized carbons (Fsp3) is 0.0952. The number of ether oxygens (including phenoxy) is 1. The van der Waals surface area contributed by atoms with E-state index in [9.17, 15) is 13.6 Å². The number of aromatic nitrogens is 2. The molecule has 2 aromatic carbocycles. The van der Waals surface area contributed by atoms with E-state index < -0.39 is 23.1 Å². The molecule has 2 heterocycles. The molecule has 0 saturated heterocycles. The van der Waals surface area contributed by atoms with E-state index in [2.05, 4.69) is 9.97 Å². The van der Waals surface area contributed by atoms with Gasteiger partial charge in [-0.05, 0) is 35.9 Å². The topological polar surface area (TPSA) is 55.3 Å². The maximum Gasteiger partial charge on any atom is 0.266 e. The van der Waals surface area contributed by atoms with Crippen molar-refractivity contribution in [3.05, 3.63) is 83.7 Å². The number of rotatable bonds is 5. The lowest BCUT2D eigenvalue weighted by Gasteiger charge is -2.20. The van der Waals surface area contributed by atoms with Gasteiger partial charge in [-0.3, -0.25) is 14.7 Å². The molecule has 0 saturated carbocycles. The first-order valence-electron chi connectivity index (χ1n) is 8.67. The number of hydrogen-bond acceptors (Lipinski definition) is 5. The van der Waals surface area contributed by atoms with Gasteiger partial charge in [0.25, 0.3) is 5.91 Å². The van der Waals surface area contributed by atoms with Gasteiger partial charge in [-0.25, -0.2) is 13.8 Å². The highest BCUT2D eigenvalue weighted by Crippen LogP contribution is 2.35. The quantitative estimate of drug-likeness (QED) is 0.472. The third-order valence-electron chi connectivity index (χ3n) is 4.31. The van der Waals surface area contributed by atoms with Crippen LogP contribution in [0.3, 0.4) is 0 Å². The van der Waals surface area contributed by atoms with Crippen LogP contribution in [0.25, 0.3) is 10.2 Å². The van der Waals surface area contributed by atoms with Crippen molar-refractivity contribution in [3.63, 3.8) is 0 Å². The molecule has 0 fully saturated rings. The second kappa shape index (κ2) is 7.92. The number of nitrogens with zero attached hydrogens (tertiary/aromatic N) is 3. The van der Waals surface area contributed by atoms with Crippen LogP contribution in [0.15, 0.2) is 60.9 Å². The van der Waals surface area contributed by atoms with Gasteiger partial charge in [0.05, 0.1) is 18.4 Å². The smallest absolute Gasteiger partial charge is 0.266 e. The standard InChI is InChI=1S/C21H15F2N3O2S/c1-28-16-8-3-9-17-19(16)25-21(29-17)26(12-13-5-4-10-24-11-13)20(27)18-14(22)6-2-7-15(18)23/h2-11H,12H2,1H3. The monoisotopic (exact) mass is 411 g/mol. The lowest BCUT2D eigenvalue weighted by atomic mass is 10.1. The minimum absolute atomic E-state index is 0.0581. The highest BCUT2D eigenvalue weighted by atomic mass is 32.1. The number of thiazole rings is 1. The number of amides is 1. The largest absolute Gasteiger partial charge is 0.494 e. The van der Waals surface area contributed by atoms with Gasteiger partial charge in [0.1, 0.15) is 28.5 Å². The number of hydrogen-bond donors (Lipinski definition) is 0. The summed E-state index contributed by atoms with van der Waals surface area (Å²) in [4.78, 5) is 23.0. The average molecular weight is 411 g/mol. The molecule has 5 nitrogen and oxygen atoms in total. The molecule has 0 radical (unpaired) electrons. The molecule has 2 aromatic heterocycles. The fourth-order valence-electron chi connectivity index (χ4n) is 2.93. The summed E-state index contributed by atoms with van der Waals surface area (Å²) in [6.07, 6.45) is 3.20. The van der Waals surface area contributed by atoms with Crippen LogP contribution in [0.5, 0.6) is 5.75 Å². The van der Waals surface area contributed by atoms with E-state index in [1.165, 1.54) is 29.4 Å². The molecule has 29 heavy (non-hydrogen) atoms. The van der Waals surface area contributed by atoms with Crippen molar-refractivity contribution in [1.29, 1.82) is 0 Å². The van der Waals surface area contributed by atoms with Crippen LogP contribution in [0.1, 0.15) is 15.9 Å². The van der Waals surface area contributed by atoms with Crippen LogP contribution in [0.2, 0.25) is 0 Å². The Morgan fingerprint density at radius 3 is 2.55 bits per heavy atom. The van der Waals surface area contributed by atoms with Crippen molar-refractivity contribution in [3.8, 4) is 5.75 Å². The first-order chi connectivity index (χ1) is 14.1. The zero-order chi connectivity index (χ0) is 20.4. The number of carbonyl (C=O) groups excluding carboxylic acids is 1. The van der Waals surface area contributed by atoms with Gasteiger partial charge in [0.2, 0.25) is 0 Å². The molecule has 0 bridgehead atoms. The molecule has 0 atom stereocenters. The van der Waals surface area contributed by atoms with E-state index in [4.69, 9.17) is 4.74 Å². The summed E-state index contributed by atoms with van der Waals surface area (Å²) in [5.74, 6) is -2.12. The molecular weight excluding hydrogens is 396 g/mol. The number of anilines is 1. The maximum absolute atomic E-state index is 14.3. The number of methoxy groups -OCH3 is 1. The van der Waals surface area contributed by atoms with Crippen LogP contribution in [0.4, 0.5) is 13.9 Å². The van der Waals surface area contributed by atoms with Crippen molar-refractivity contribution in [1.82, 2.24) is 9.97 Å². The molecule has 0 spiro atoms. The first kappa shape index (κ1) is 18.9. The van der Waals surface area contributed by atoms with E-state index in [-0.39, 0.29) is 6.54 Å². The molecule has 8 heteroatoms. The normalized spacial score (nSPS) is 10.9. The predicted octanol–water partition coefficient (Wildman–Crippen LogP) is 4.83. The van der Waals surface area contributed by atoms with Crippen LogP contribution in [0, 0.1) is 11.6 Å². The van der Waals surface area contributed by atoms with E-state index in [1.54, 1.807) is 30.6 Å². The highest BCUT2D eigenvalue weighted by molar-refractivity contribution is 7.22. The molecular formula is C21H15F2N3O2S. The van der Waals surface area contributed by atoms with Crippen molar-refractivity contribution < 1.29 is 18.3 Å². The van der Waals surface area contributed by atoms with Gasteiger partial charge < -0.3 is 4.74 Å². The Hall–Kier alpha value is -3.39. The predicted molar refractivity (Wildman–Crippen MR) is 107 cm³/mol. The molecule has 0 aliphatic rings. The van der Waals surface area contributed by atoms with Gasteiger partial charge in [-0.15, -0.1) is 0 Å². The van der Waals surface area contributed by atoms with Gasteiger partial charge in [-0.1, -0.05) is 29.5 Å². The minimum Gasteiger partial charge on any atom is -0.494 e. The molecule has 1 amide bonds. The van der Waals surface area contributed by atoms with Gasteiger partial charge >= 0.3 is 0 Å². The van der Waals surface area contributed by atoms with Crippen LogP contribution in [-0.2, 0) is 6.54 Å². The number of fused-ring (bicyclic) bond motifs is 1. The molecule has 146 valence electrons. The number of para-hydroxylation sites is 1. The zero-order valence-electron chi connectivity index (χ0n) is 15.3. The maximum atomic E-state index is 14.3. The van der Waals surface area contributed by atoms with E-state index >= 15 is 0 Å². The summed E-state index contributed by atoms with van der Waals surface area (Å²) in [6.45, 7) is 0.0581. The summed E-state index contributed by atoms with van der Waals surface area (Å²) in [5.41, 5.74) is 0.652. The van der Waals surface area contributed by atoms with Gasteiger partial charge in [0.15, 0.2) is 5.13 Å². The Labute approximate surface area is 169 Å². The third kappa shape index (κ3) is 3.66. The van der Waals surface area contributed by atoms with Crippen molar-refractivity contribution in [2.45, 2.75) is 6.54 Å². The average Bonchev–Trinajstić information content (AvgIpc) is 3.16. The Balaban J connectivity index is 1.84. The van der Waals surface area contributed by atoms with Crippen LogP contribution < -0.4 is 9.64 Å². The van der Waals surface area contributed by atoms with E-state index in [1.807, 2.05) is 12.1 Å². The second-order valence-electron chi connectivity index (χ2n) is 6.15. The third-order valence-corrected chi connectivity index (χ3v) is 5.35. The summed E-state index contributed by atoms with van der Waals surface area (Å²) >= 11 is 1.24. The summed E-state index contributed by atoms with van der Waals surface area (Å²) in [6, 6.07) is 12.2. The summed E-state index contributed by atoms with van der Waals surface area (Å²) in [5, 5.41) is 0.306. The van der Waals surface area contributed by atoms with E-state index in [0.29, 0.717) is 22.0 Å². The Morgan fingerprint density at radius 1 is 1.10 bits per heavy atom. The van der Waals surface area contributed by atoms with Crippen molar-refractivity contribution >= 4 is 32.6 Å². The fourth-order valence-corrected chi connectivity index (χ4v) is 3.91. The lowest BCUT2D eigenvalue weighted by Crippen LogP contribution is -2.32. The molecule has 0 aliphatic carbocycles. The second-order valence-corrected chi connectivity index (χ2v) is 7.16. The minimum atomic E-state index is -0.926. The molecule has 0 unspecified atom stereocenters. The SMILES string of the molecule is COc1cccc2sc(N(Cc3cccnc3)C(=O)c3c(F)cccc3F)nc12. The van der Waals surface area contributed by atoms with Crippen molar-refractivity contribution in [2.24, 2.45) is 0 Å². The Bertz CT molecular complexity index is 1160. The number of carbonyl (C=O) groups is 1. The number of benzene rings is 2. The molecule has 0 N–H and O–H groups in total. The molecule has 0 aliphatic heterocycles. The number of halogens is 2.